The van der Waals surface area contributed by atoms with Crippen LogP contribution in [-0.4, -0.2) is 31.4 Å². The highest BCUT2D eigenvalue weighted by Gasteiger charge is 2.34. The Labute approximate surface area is 233 Å². The minimum Gasteiger partial charge on any atom is -0.493 e. The van der Waals surface area contributed by atoms with E-state index in [1.165, 1.54) is 23.0 Å². The average molecular weight is 565 g/mol. The van der Waals surface area contributed by atoms with Gasteiger partial charge in [0.2, 0.25) is 0 Å². The van der Waals surface area contributed by atoms with Gasteiger partial charge in [0.25, 0.3) is 5.56 Å². The predicted octanol–water partition coefficient (Wildman–Crippen LogP) is 4.73. The van der Waals surface area contributed by atoms with Gasteiger partial charge >= 0.3 is 5.97 Å². The van der Waals surface area contributed by atoms with Gasteiger partial charge in [0.05, 0.1) is 47.7 Å². The summed E-state index contributed by atoms with van der Waals surface area (Å²) in [4.78, 5) is 32.0. The van der Waals surface area contributed by atoms with E-state index in [9.17, 15) is 9.59 Å². The van der Waals surface area contributed by atoms with Crippen LogP contribution in [0.4, 0.5) is 0 Å². The maximum absolute atomic E-state index is 13.8. The first kappa shape index (κ1) is 26.5. The zero-order valence-corrected chi connectivity index (χ0v) is 23.3. The molecule has 1 atom stereocenters. The van der Waals surface area contributed by atoms with Crippen molar-refractivity contribution < 1.29 is 23.4 Å². The molecule has 10 heteroatoms. The van der Waals surface area contributed by atoms with Crippen molar-refractivity contribution in [3.05, 3.63) is 102 Å². The molecule has 0 spiro atoms. The minimum absolute atomic E-state index is 0.185. The van der Waals surface area contributed by atoms with Crippen molar-refractivity contribution in [2.75, 3.05) is 20.8 Å². The van der Waals surface area contributed by atoms with Gasteiger partial charge in [-0.2, -0.15) is 0 Å². The second-order valence-corrected chi connectivity index (χ2v) is 10.0. The van der Waals surface area contributed by atoms with Gasteiger partial charge in [-0.15, -0.1) is 0 Å². The molecule has 1 unspecified atom stereocenters. The molecule has 1 aliphatic heterocycles. The van der Waals surface area contributed by atoms with Gasteiger partial charge in [-0.3, -0.25) is 9.36 Å². The third-order valence-corrected chi connectivity index (χ3v) is 7.59. The van der Waals surface area contributed by atoms with E-state index in [-0.39, 0.29) is 17.7 Å². The number of esters is 1. The van der Waals surface area contributed by atoms with Crippen LogP contribution in [0.2, 0.25) is 5.02 Å². The second kappa shape index (κ2) is 11.0. The van der Waals surface area contributed by atoms with Crippen LogP contribution in [-0.2, 0) is 9.53 Å². The highest BCUT2D eigenvalue weighted by molar-refractivity contribution is 7.07. The number of carbonyl (C=O) groups excluding carboxylic acids is 1. The average Bonchev–Trinajstić information content (AvgIpc) is 3.52. The lowest BCUT2D eigenvalue weighted by atomic mass is 9.95. The van der Waals surface area contributed by atoms with Gasteiger partial charge in [-0.05, 0) is 55.8 Å². The lowest BCUT2D eigenvalue weighted by Crippen LogP contribution is -2.39. The molecule has 0 radical (unpaired) electrons. The van der Waals surface area contributed by atoms with Crippen LogP contribution in [0.1, 0.15) is 31.2 Å². The summed E-state index contributed by atoms with van der Waals surface area (Å²) < 4.78 is 24.1. The van der Waals surface area contributed by atoms with Crippen LogP contribution in [0, 0.1) is 0 Å². The van der Waals surface area contributed by atoms with Crippen molar-refractivity contribution in [3.8, 4) is 22.8 Å². The fraction of sp³-hybridized carbons (Fsp3) is 0.207. The Morgan fingerprint density at radius 2 is 1.90 bits per heavy atom. The molecule has 0 amide bonds. The van der Waals surface area contributed by atoms with Crippen LogP contribution in [0.25, 0.3) is 17.4 Å². The first-order valence-corrected chi connectivity index (χ1v) is 13.3. The van der Waals surface area contributed by atoms with Crippen LogP contribution in [0.5, 0.6) is 11.5 Å². The van der Waals surface area contributed by atoms with Crippen molar-refractivity contribution in [2.24, 2.45) is 4.99 Å². The van der Waals surface area contributed by atoms with E-state index in [0.717, 1.165) is 5.56 Å². The summed E-state index contributed by atoms with van der Waals surface area (Å²) >= 11 is 7.53. The molecule has 5 rings (SSSR count). The highest BCUT2D eigenvalue weighted by atomic mass is 35.5. The fourth-order valence-corrected chi connectivity index (χ4v) is 5.75. The van der Waals surface area contributed by atoms with Crippen molar-refractivity contribution in [3.63, 3.8) is 0 Å². The first-order chi connectivity index (χ1) is 18.9. The summed E-state index contributed by atoms with van der Waals surface area (Å²) in [6.07, 6.45) is 1.67. The largest absolute Gasteiger partial charge is 0.493 e. The number of nitrogens with zero attached hydrogens (tertiary/aromatic N) is 2. The second-order valence-electron chi connectivity index (χ2n) is 8.60. The minimum atomic E-state index is -0.780. The highest BCUT2D eigenvalue weighted by Crippen LogP contribution is 2.36. The lowest BCUT2D eigenvalue weighted by molar-refractivity contribution is -0.139. The summed E-state index contributed by atoms with van der Waals surface area (Å²) in [5.41, 5.74) is 1.84. The Balaban J connectivity index is 1.67. The number of hydrogen-bond acceptors (Lipinski definition) is 8. The SMILES string of the molecule is CCOC(=O)C1=C(C)N=c2s/c(=C\c3ccc(-c4ccccc4Cl)o3)c(=O)n2C1c1ccc(OC)c(OC)c1. The molecule has 0 saturated carbocycles. The number of hydrogen-bond donors (Lipinski definition) is 0. The lowest BCUT2D eigenvalue weighted by Gasteiger charge is -2.25. The summed E-state index contributed by atoms with van der Waals surface area (Å²) in [5, 5.41) is 0.565. The van der Waals surface area contributed by atoms with E-state index in [2.05, 4.69) is 4.99 Å². The molecule has 1 aliphatic rings. The maximum atomic E-state index is 13.8. The third-order valence-electron chi connectivity index (χ3n) is 6.28. The van der Waals surface area contributed by atoms with E-state index in [1.807, 2.05) is 18.2 Å². The molecule has 8 nitrogen and oxygen atoms in total. The molecular formula is C29H25ClN2O6S. The Hall–Kier alpha value is -4.08. The number of benzene rings is 2. The van der Waals surface area contributed by atoms with E-state index in [0.29, 0.717) is 48.6 Å². The van der Waals surface area contributed by atoms with Crippen LogP contribution in [0.15, 0.2) is 80.1 Å². The molecule has 3 heterocycles. The molecule has 39 heavy (non-hydrogen) atoms. The van der Waals surface area contributed by atoms with Crippen molar-refractivity contribution in [1.29, 1.82) is 0 Å². The molecule has 0 fully saturated rings. The number of thiazole rings is 1. The zero-order chi connectivity index (χ0) is 27.7. The number of carbonyl (C=O) groups is 1. The molecule has 2 aromatic carbocycles. The van der Waals surface area contributed by atoms with Crippen molar-refractivity contribution >= 4 is 35.0 Å². The van der Waals surface area contributed by atoms with E-state index in [4.69, 9.17) is 30.2 Å². The van der Waals surface area contributed by atoms with E-state index >= 15 is 0 Å². The number of furan rings is 1. The third kappa shape index (κ3) is 4.91. The maximum Gasteiger partial charge on any atom is 0.338 e. The number of halogens is 1. The van der Waals surface area contributed by atoms with Gasteiger partial charge in [0.15, 0.2) is 16.3 Å². The number of methoxy groups -OCH3 is 2. The van der Waals surface area contributed by atoms with E-state index in [1.54, 1.807) is 63.4 Å². The number of allylic oxidation sites excluding steroid dienone is 1. The van der Waals surface area contributed by atoms with Gasteiger partial charge < -0.3 is 18.6 Å². The molecule has 0 bridgehead atoms. The fourth-order valence-electron chi connectivity index (χ4n) is 4.50. The normalized spacial score (nSPS) is 15.1. The number of rotatable bonds is 7. The topological polar surface area (TPSA) is 92.3 Å². The van der Waals surface area contributed by atoms with Crippen molar-refractivity contribution in [1.82, 2.24) is 4.57 Å². The number of fused-ring (bicyclic) bond motifs is 1. The Kier molecular flexibility index (Phi) is 7.45. The van der Waals surface area contributed by atoms with Gasteiger partial charge in [0.1, 0.15) is 11.5 Å². The number of aromatic nitrogens is 1. The summed E-state index contributed by atoms with van der Waals surface area (Å²) in [7, 11) is 3.07. The quantitative estimate of drug-likeness (QED) is 0.301. The molecule has 0 aliphatic carbocycles. The Bertz CT molecular complexity index is 1780. The van der Waals surface area contributed by atoms with Crippen LogP contribution in [0.3, 0.4) is 0 Å². The standard InChI is InChI=1S/C29H25ClN2O6S/c1-5-37-28(34)25-16(2)31-29-32(26(25)17-10-12-22(35-3)23(14-17)36-4)27(33)24(39-29)15-18-11-13-21(38-18)19-8-6-7-9-20(19)30/h6-15,26H,5H2,1-4H3/b24-15-. The molecule has 2 aromatic heterocycles. The molecule has 200 valence electrons. The molecule has 4 aromatic rings. The first-order valence-electron chi connectivity index (χ1n) is 12.1. The smallest absolute Gasteiger partial charge is 0.338 e. The summed E-state index contributed by atoms with van der Waals surface area (Å²) in [6.45, 7) is 3.65. The molecule has 0 saturated heterocycles. The summed E-state index contributed by atoms with van der Waals surface area (Å²) in [6, 6.07) is 15.5. The Morgan fingerprint density at radius 3 is 2.62 bits per heavy atom. The summed E-state index contributed by atoms with van der Waals surface area (Å²) in [5.74, 6) is 1.53. The van der Waals surface area contributed by atoms with E-state index < -0.39 is 12.0 Å². The Morgan fingerprint density at radius 1 is 1.13 bits per heavy atom. The number of ether oxygens (including phenoxy) is 3. The predicted molar refractivity (Wildman–Crippen MR) is 149 cm³/mol. The van der Waals surface area contributed by atoms with Gasteiger partial charge in [0, 0.05) is 11.6 Å². The molecular weight excluding hydrogens is 540 g/mol. The molecule has 0 N–H and O–H groups in total. The van der Waals surface area contributed by atoms with Crippen molar-refractivity contribution in [2.45, 2.75) is 19.9 Å². The zero-order valence-electron chi connectivity index (χ0n) is 21.7. The van der Waals surface area contributed by atoms with Crippen LogP contribution >= 0.6 is 22.9 Å². The van der Waals surface area contributed by atoms with Gasteiger partial charge in [-0.25, -0.2) is 9.79 Å². The van der Waals surface area contributed by atoms with Crippen LogP contribution < -0.4 is 24.4 Å². The monoisotopic (exact) mass is 564 g/mol. The van der Waals surface area contributed by atoms with Gasteiger partial charge in [-0.1, -0.05) is 41.1 Å².